The molecule has 0 spiro atoms. The number of halogens is 1. The van der Waals surface area contributed by atoms with Crippen molar-refractivity contribution >= 4 is 23.3 Å². The van der Waals surface area contributed by atoms with Gasteiger partial charge in [-0.15, -0.1) is 0 Å². The standard InChI is InChI=1S/C4H4ClN2O2P/c5-10(8,9)4-1-6-3-7-2-4/h1-3H,(H,8,9). The van der Waals surface area contributed by atoms with Crippen LogP contribution < -0.4 is 5.30 Å². The molecule has 0 bridgehead atoms. The summed E-state index contributed by atoms with van der Waals surface area (Å²) >= 11 is 5.09. The van der Waals surface area contributed by atoms with Crippen LogP contribution in [0.4, 0.5) is 0 Å². The second kappa shape index (κ2) is 2.66. The molecule has 1 rings (SSSR count). The fraction of sp³-hybridized carbons (Fsp3) is 0. The third-order valence-corrected chi connectivity index (χ3v) is 2.32. The van der Waals surface area contributed by atoms with Crippen molar-refractivity contribution in [3.05, 3.63) is 18.7 Å². The van der Waals surface area contributed by atoms with Crippen LogP contribution in [0.2, 0.25) is 0 Å². The third kappa shape index (κ3) is 1.77. The van der Waals surface area contributed by atoms with Crippen molar-refractivity contribution in [2.75, 3.05) is 0 Å². The van der Waals surface area contributed by atoms with Crippen molar-refractivity contribution in [1.29, 1.82) is 0 Å². The summed E-state index contributed by atoms with van der Waals surface area (Å²) < 4.78 is 10.7. The first kappa shape index (κ1) is 7.66. The summed E-state index contributed by atoms with van der Waals surface area (Å²) in [6.07, 6.45) is 3.68. The smallest absolute Gasteiger partial charge is 0.320 e. The van der Waals surface area contributed by atoms with Crippen LogP contribution in [-0.4, -0.2) is 14.9 Å². The summed E-state index contributed by atoms with van der Waals surface area (Å²) in [4.78, 5) is 15.8. The van der Waals surface area contributed by atoms with Crippen LogP contribution in [0.15, 0.2) is 18.7 Å². The fourth-order valence-corrected chi connectivity index (χ4v) is 1.11. The monoisotopic (exact) mass is 178 g/mol. The molecule has 0 saturated heterocycles. The van der Waals surface area contributed by atoms with E-state index in [4.69, 9.17) is 16.1 Å². The molecular formula is C4H4ClN2O2P. The normalized spacial score (nSPS) is 16.2. The lowest BCUT2D eigenvalue weighted by Crippen LogP contribution is -2.01. The van der Waals surface area contributed by atoms with Gasteiger partial charge < -0.3 is 4.89 Å². The van der Waals surface area contributed by atoms with E-state index in [-0.39, 0.29) is 5.30 Å². The van der Waals surface area contributed by atoms with E-state index in [1.807, 2.05) is 0 Å². The highest BCUT2D eigenvalue weighted by Gasteiger charge is 2.16. The van der Waals surface area contributed by atoms with Gasteiger partial charge in [0.1, 0.15) is 6.33 Å². The Kier molecular flexibility index (Phi) is 2.04. The number of hydrogen-bond acceptors (Lipinski definition) is 3. The topological polar surface area (TPSA) is 63.1 Å². The van der Waals surface area contributed by atoms with E-state index >= 15 is 0 Å². The largest absolute Gasteiger partial charge is 0.330 e. The van der Waals surface area contributed by atoms with Crippen molar-refractivity contribution in [1.82, 2.24) is 9.97 Å². The fourth-order valence-electron chi connectivity index (χ4n) is 0.434. The van der Waals surface area contributed by atoms with Gasteiger partial charge in [0, 0.05) is 12.4 Å². The van der Waals surface area contributed by atoms with E-state index < -0.39 is 6.72 Å². The van der Waals surface area contributed by atoms with Crippen LogP contribution in [0.3, 0.4) is 0 Å². The number of nitrogens with zero attached hydrogens (tertiary/aromatic N) is 2. The molecule has 1 aromatic rings. The summed E-state index contributed by atoms with van der Waals surface area (Å²) in [6.45, 7) is -3.67. The quantitative estimate of drug-likeness (QED) is 0.637. The van der Waals surface area contributed by atoms with Gasteiger partial charge in [-0.25, -0.2) is 9.97 Å². The van der Waals surface area contributed by atoms with Crippen LogP contribution in [0.25, 0.3) is 0 Å². The molecule has 0 amide bonds. The maximum atomic E-state index is 10.7. The SMILES string of the molecule is O=P(O)(Cl)c1cncnc1. The Bertz CT molecular complexity index is 259. The van der Waals surface area contributed by atoms with Gasteiger partial charge in [-0.05, 0) is 11.2 Å². The van der Waals surface area contributed by atoms with Crippen LogP contribution in [0.5, 0.6) is 0 Å². The highest BCUT2D eigenvalue weighted by atomic mass is 35.7. The van der Waals surface area contributed by atoms with Gasteiger partial charge in [-0.3, -0.25) is 4.57 Å². The highest BCUT2D eigenvalue weighted by Crippen LogP contribution is 2.44. The minimum absolute atomic E-state index is 0.0525. The Labute approximate surface area is 62.1 Å². The Morgan fingerprint density at radius 3 is 2.30 bits per heavy atom. The lowest BCUT2D eigenvalue weighted by molar-refractivity contribution is 0.506. The van der Waals surface area contributed by atoms with Gasteiger partial charge in [0.15, 0.2) is 0 Å². The molecule has 1 heterocycles. The maximum Gasteiger partial charge on any atom is 0.320 e. The average molecular weight is 179 g/mol. The molecule has 54 valence electrons. The molecule has 0 aliphatic carbocycles. The predicted molar refractivity (Wildman–Crippen MR) is 37.3 cm³/mol. The molecule has 0 radical (unpaired) electrons. The second-order valence-corrected chi connectivity index (χ2v) is 4.49. The molecule has 10 heavy (non-hydrogen) atoms. The van der Waals surface area contributed by atoms with E-state index in [9.17, 15) is 4.57 Å². The zero-order valence-electron chi connectivity index (χ0n) is 4.81. The Balaban J connectivity index is 3.09. The minimum Gasteiger partial charge on any atom is -0.330 e. The first-order chi connectivity index (χ1) is 4.61. The number of hydrogen-bond donors (Lipinski definition) is 1. The van der Waals surface area contributed by atoms with Gasteiger partial charge >= 0.3 is 6.72 Å². The lowest BCUT2D eigenvalue weighted by atomic mass is 10.7. The van der Waals surface area contributed by atoms with Crippen molar-refractivity contribution in [2.24, 2.45) is 0 Å². The second-order valence-electron chi connectivity index (χ2n) is 1.60. The molecule has 1 aromatic heterocycles. The molecule has 0 aliphatic heterocycles. The summed E-state index contributed by atoms with van der Waals surface area (Å²) in [6, 6.07) is 0. The van der Waals surface area contributed by atoms with Crippen molar-refractivity contribution in [3.8, 4) is 0 Å². The van der Waals surface area contributed by atoms with E-state index in [0.29, 0.717) is 0 Å². The van der Waals surface area contributed by atoms with Crippen LogP contribution in [-0.2, 0) is 4.57 Å². The first-order valence-electron chi connectivity index (χ1n) is 2.39. The molecule has 1 N–H and O–H groups in total. The minimum atomic E-state index is -3.67. The summed E-state index contributed by atoms with van der Waals surface area (Å²) in [7, 11) is 0. The molecule has 0 aromatic carbocycles. The van der Waals surface area contributed by atoms with Crippen molar-refractivity contribution < 1.29 is 9.46 Å². The van der Waals surface area contributed by atoms with E-state index in [2.05, 4.69) is 9.97 Å². The molecule has 1 unspecified atom stereocenters. The Morgan fingerprint density at radius 2 is 2.00 bits per heavy atom. The van der Waals surface area contributed by atoms with Gasteiger partial charge in [0.2, 0.25) is 0 Å². The highest BCUT2D eigenvalue weighted by molar-refractivity contribution is 7.90. The van der Waals surface area contributed by atoms with Crippen molar-refractivity contribution in [3.63, 3.8) is 0 Å². The van der Waals surface area contributed by atoms with Crippen molar-refractivity contribution in [2.45, 2.75) is 0 Å². The lowest BCUT2D eigenvalue weighted by Gasteiger charge is -1.98. The molecule has 0 aliphatic rings. The molecule has 0 saturated carbocycles. The summed E-state index contributed by atoms with van der Waals surface area (Å²) in [5.41, 5.74) is 0. The van der Waals surface area contributed by atoms with Gasteiger partial charge in [0.25, 0.3) is 0 Å². The zero-order chi connectivity index (χ0) is 7.61. The van der Waals surface area contributed by atoms with E-state index in [0.717, 1.165) is 0 Å². The van der Waals surface area contributed by atoms with Crippen LogP contribution in [0.1, 0.15) is 0 Å². The molecule has 4 nitrogen and oxygen atoms in total. The van der Waals surface area contributed by atoms with Gasteiger partial charge in [-0.2, -0.15) is 0 Å². The zero-order valence-corrected chi connectivity index (χ0v) is 6.46. The Hall–Kier alpha value is -0.440. The summed E-state index contributed by atoms with van der Waals surface area (Å²) in [5, 5.41) is 0.0525. The van der Waals surface area contributed by atoms with E-state index in [1.165, 1.54) is 18.7 Å². The molecular weight excluding hydrogens is 174 g/mol. The molecule has 6 heteroatoms. The number of aromatic nitrogens is 2. The maximum absolute atomic E-state index is 10.7. The first-order valence-corrected chi connectivity index (χ1v) is 4.95. The van der Waals surface area contributed by atoms with Crippen LogP contribution >= 0.6 is 18.0 Å². The average Bonchev–Trinajstić information content (AvgIpc) is 1.88. The third-order valence-electron chi connectivity index (χ3n) is 0.865. The van der Waals surface area contributed by atoms with Gasteiger partial charge in [0.05, 0.1) is 5.30 Å². The number of rotatable bonds is 1. The van der Waals surface area contributed by atoms with E-state index in [1.54, 1.807) is 0 Å². The predicted octanol–water partition coefficient (Wildman–Crippen LogP) is 0.526. The Morgan fingerprint density at radius 1 is 1.50 bits per heavy atom. The van der Waals surface area contributed by atoms with Crippen LogP contribution in [0, 0.1) is 0 Å². The molecule has 0 fully saturated rings. The van der Waals surface area contributed by atoms with Gasteiger partial charge in [-0.1, -0.05) is 0 Å². The summed E-state index contributed by atoms with van der Waals surface area (Å²) in [5.74, 6) is 0. The molecule has 1 atom stereocenters.